The standard InChI is InChI=1S/C12H8ClN3S/c13-8-1-3-9(4-2-8)16-11-5-6-14-7-10(11)15-12(16)17/h1-7H,(H,15,17). The van der Waals surface area contributed by atoms with Crippen molar-refractivity contribution < 1.29 is 0 Å². The average molecular weight is 262 g/mol. The summed E-state index contributed by atoms with van der Waals surface area (Å²) in [5.41, 5.74) is 2.91. The molecule has 3 rings (SSSR count). The molecule has 0 fully saturated rings. The number of hydrogen-bond acceptors (Lipinski definition) is 2. The maximum atomic E-state index is 5.88. The molecular formula is C12H8ClN3S. The average Bonchev–Trinajstić information content (AvgIpc) is 2.66. The summed E-state index contributed by atoms with van der Waals surface area (Å²) in [6.07, 6.45) is 3.51. The van der Waals surface area contributed by atoms with Gasteiger partial charge in [0.05, 0.1) is 17.2 Å². The van der Waals surface area contributed by atoms with E-state index >= 15 is 0 Å². The lowest BCUT2D eigenvalue weighted by atomic mass is 10.3. The van der Waals surface area contributed by atoms with E-state index in [2.05, 4.69) is 9.97 Å². The molecular weight excluding hydrogens is 254 g/mol. The highest BCUT2D eigenvalue weighted by Crippen LogP contribution is 2.20. The Morgan fingerprint density at radius 1 is 1.18 bits per heavy atom. The predicted octanol–water partition coefficient (Wildman–Crippen LogP) is 3.74. The number of nitrogens with zero attached hydrogens (tertiary/aromatic N) is 2. The first-order valence-electron chi connectivity index (χ1n) is 5.06. The van der Waals surface area contributed by atoms with E-state index in [-0.39, 0.29) is 0 Å². The topological polar surface area (TPSA) is 33.6 Å². The number of imidazole rings is 1. The molecule has 17 heavy (non-hydrogen) atoms. The van der Waals surface area contributed by atoms with Gasteiger partial charge in [-0.3, -0.25) is 9.55 Å². The summed E-state index contributed by atoms with van der Waals surface area (Å²) in [6.45, 7) is 0. The van der Waals surface area contributed by atoms with E-state index in [0.29, 0.717) is 9.79 Å². The summed E-state index contributed by atoms with van der Waals surface area (Å²) >= 11 is 11.2. The fourth-order valence-electron chi connectivity index (χ4n) is 1.81. The number of aromatic amines is 1. The van der Waals surface area contributed by atoms with Gasteiger partial charge in [-0.25, -0.2) is 0 Å². The zero-order valence-electron chi connectivity index (χ0n) is 8.72. The van der Waals surface area contributed by atoms with Gasteiger partial charge in [-0.15, -0.1) is 0 Å². The van der Waals surface area contributed by atoms with Crippen LogP contribution in [0, 0.1) is 4.77 Å². The van der Waals surface area contributed by atoms with Gasteiger partial charge in [0, 0.05) is 16.9 Å². The van der Waals surface area contributed by atoms with Crippen molar-refractivity contribution in [1.29, 1.82) is 0 Å². The Hall–Kier alpha value is -1.65. The predicted molar refractivity (Wildman–Crippen MR) is 71.3 cm³/mol. The molecule has 0 saturated heterocycles. The summed E-state index contributed by atoms with van der Waals surface area (Å²) in [7, 11) is 0. The largest absolute Gasteiger partial charge is 0.329 e. The molecule has 1 aromatic carbocycles. The van der Waals surface area contributed by atoms with E-state index in [4.69, 9.17) is 23.8 Å². The van der Waals surface area contributed by atoms with E-state index in [0.717, 1.165) is 16.7 Å². The Labute approximate surface area is 108 Å². The normalized spacial score (nSPS) is 10.9. The number of hydrogen-bond donors (Lipinski definition) is 1. The highest BCUT2D eigenvalue weighted by Gasteiger charge is 2.05. The first kappa shape index (κ1) is 10.5. The Kier molecular flexibility index (Phi) is 2.46. The number of benzene rings is 1. The lowest BCUT2D eigenvalue weighted by Gasteiger charge is -2.03. The first-order chi connectivity index (χ1) is 8.25. The number of pyridine rings is 1. The molecule has 0 aliphatic rings. The molecule has 0 amide bonds. The molecule has 84 valence electrons. The summed E-state index contributed by atoms with van der Waals surface area (Å²) in [6, 6.07) is 9.49. The van der Waals surface area contributed by atoms with Gasteiger partial charge in [-0.1, -0.05) is 11.6 Å². The summed E-state index contributed by atoms with van der Waals surface area (Å²) in [5, 5.41) is 0.710. The van der Waals surface area contributed by atoms with Crippen molar-refractivity contribution in [3.05, 3.63) is 52.5 Å². The third-order valence-electron chi connectivity index (χ3n) is 2.57. The van der Waals surface area contributed by atoms with Crippen molar-refractivity contribution in [2.45, 2.75) is 0 Å². The van der Waals surface area contributed by atoms with Gasteiger partial charge < -0.3 is 4.98 Å². The second-order valence-electron chi connectivity index (χ2n) is 3.63. The molecule has 0 radical (unpaired) electrons. The van der Waals surface area contributed by atoms with Gasteiger partial charge >= 0.3 is 0 Å². The van der Waals surface area contributed by atoms with Crippen molar-refractivity contribution in [3.63, 3.8) is 0 Å². The summed E-state index contributed by atoms with van der Waals surface area (Å²) < 4.78 is 2.61. The van der Waals surface area contributed by atoms with Gasteiger partial charge in [0.2, 0.25) is 0 Å². The molecule has 0 bridgehead atoms. The van der Waals surface area contributed by atoms with Gasteiger partial charge in [0.1, 0.15) is 0 Å². The van der Waals surface area contributed by atoms with Crippen molar-refractivity contribution >= 4 is 34.9 Å². The molecule has 5 heteroatoms. The quantitative estimate of drug-likeness (QED) is 0.677. The van der Waals surface area contributed by atoms with Crippen molar-refractivity contribution in [2.75, 3.05) is 0 Å². The van der Waals surface area contributed by atoms with Crippen LogP contribution in [0.25, 0.3) is 16.7 Å². The van der Waals surface area contributed by atoms with Crippen LogP contribution in [0.3, 0.4) is 0 Å². The molecule has 0 aliphatic heterocycles. The second kappa shape index (κ2) is 3.98. The fourth-order valence-corrected chi connectivity index (χ4v) is 2.25. The van der Waals surface area contributed by atoms with Crippen LogP contribution in [0.5, 0.6) is 0 Å². The minimum absolute atomic E-state index is 0.648. The first-order valence-corrected chi connectivity index (χ1v) is 5.85. The number of H-pyrrole nitrogens is 1. The number of halogens is 1. The Bertz CT molecular complexity index is 727. The Morgan fingerprint density at radius 2 is 1.94 bits per heavy atom. The van der Waals surface area contributed by atoms with E-state index < -0.39 is 0 Å². The molecule has 0 aliphatic carbocycles. The highest BCUT2D eigenvalue weighted by molar-refractivity contribution is 7.71. The van der Waals surface area contributed by atoms with Gasteiger partial charge in [-0.05, 0) is 42.5 Å². The highest BCUT2D eigenvalue weighted by atomic mass is 35.5. The third kappa shape index (κ3) is 1.75. The zero-order valence-corrected chi connectivity index (χ0v) is 10.3. The maximum Gasteiger partial charge on any atom is 0.182 e. The molecule has 2 heterocycles. The van der Waals surface area contributed by atoms with E-state index in [1.54, 1.807) is 12.4 Å². The van der Waals surface area contributed by atoms with Crippen LogP contribution in [0.1, 0.15) is 0 Å². The van der Waals surface area contributed by atoms with Crippen LogP contribution in [0.15, 0.2) is 42.7 Å². The minimum atomic E-state index is 0.648. The molecule has 0 atom stereocenters. The Balaban J connectivity index is 2.33. The molecule has 3 nitrogen and oxygen atoms in total. The number of rotatable bonds is 1. The minimum Gasteiger partial charge on any atom is -0.329 e. The molecule has 1 N–H and O–H groups in total. The molecule has 3 aromatic rings. The Morgan fingerprint density at radius 3 is 2.71 bits per heavy atom. The SMILES string of the molecule is S=c1[nH]c2cnccc2n1-c1ccc(Cl)cc1. The van der Waals surface area contributed by atoms with Crippen LogP contribution in [0.2, 0.25) is 5.02 Å². The molecule has 0 spiro atoms. The van der Waals surface area contributed by atoms with Gasteiger partial charge in [0.15, 0.2) is 4.77 Å². The molecule has 2 aromatic heterocycles. The van der Waals surface area contributed by atoms with Crippen LogP contribution in [-0.2, 0) is 0 Å². The van der Waals surface area contributed by atoms with Crippen molar-refractivity contribution in [2.24, 2.45) is 0 Å². The monoisotopic (exact) mass is 261 g/mol. The lowest BCUT2D eigenvalue weighted by molar-refractivity contribution is 1.06. The van der Waals surface area contributed by atoms with E-state index in [1.807, 2.05) is 34.9 Å². The molecule has 0 saturated carbocycles. The fraction of sp³-hybridized carbons (Fsp3) is 0. The maximum absolute atomic E-state index is 5.88. The molecule has 0 unspecified atom stereocenters. The van der Waals surface area contributed by atoms with Crippen LogP contribution < -0.4 is 0 Å². The number of fused-ring (bicyclic) bond motifs is 1. The van der Waals surface area contributed by atoms with Crippen molar-refractivity contribution in [1.82, 2.24) is 14.5 Å². The summed E-state index contributed by atoms with van der Waals surface area (Å²) in [4.78, 5) is 7.19. The second-order valence-corrected chi connectivity index (χ2v) is 4.46. The smallest absolute Gasteiger partial charge is 0.182 e. The van der Waals surface area contributed by atoms with Crippen molar-refractivity contribution in [3.8, 4) is 5.69 Å². The third-order valence-corrected chi connectivity index (χ3v) is 3.11. The van der Waals surface area contributed by atoms with Crippen LogP contribution in [0.4, 0.5) is 0 Å². The zero-order chi connectivity index (χ0) is 11.8. The van der Waals surface area contributed by atoms with E-state index in [1.165, 1.54) is 0 Å². The van der Waals surface area contributed by atoms with E-state index in [9.17, 15) is 0 Å². The number of aromatic nitrogens is 3. The van der Waals surface area contributed by atoms with Crippen LogP contribution in [-0.4, -0.2) is 14.5 Å². The van der Waals surface area contributed by atoms with Gasteiger partial charge in [0.25, 0.3) is 0 Å². The lowest BCUT2D eigenvalue weighted by Crippen LogP contribution is -1.93. The van der Waals surface area contributed by atoms with Gasteiger partial charge in [-0.2, -0.15) is 0 Å². The van der Waals surface area contributed by atoms with Crippen LogP contribution >= 0.6 is 23.8 Å². The summed E-state index contributed by atoms with van der Waals surface area (Å²) in [5.74, 6) is 0. The number of nitrogens with one attached hydrogen (secondary N) is 1.